The highest BCUT2D eigenvalue weighted by atomic mass is 35.5. The molecule has 4 aromatic rings. The Balaban J connectivity index is 1.31. The molecule has 2 heterocycles. The molecule has 1 saturated heterocycles. The molecule has 4 aromatic carbocycles. The van der Waals surface area contributed by atoms with Crippen molar-refractivity contribution in [2.24, 2.45) is 11.5 Å². The fourth-order valence-electron chi connectivity index (χ4n) is 8.29. The summed E-state index contributed by atoms with van der Waals surface area (Å²) in [6.07, 6.45) is 1.54. The molecule has 6 unspecified atom stereocenters. The number of halogens is 1. The molecular weight excluding hydrogens is 904 g/mol. The fraction of sp³-hybridized carbons (Fsp3) is 0.362. The zero-order valence-electron chi connectivity index (χ0n) is 37.2. The molecule has 0 radical (unpaired) electrons. The van der Waals surface area contributed by atoms with E-state index >= 15 is 0 Å². The average molecular weight is 960 g/mol. The first kappa shape index (κ1) is 49.9. The zero-order chi connectivity index (χ0) is 48.7. The molecule has 356 valence electrons. The zero-order valence-corrected chi connectivity index (χ0v) is 38.8. The quantitative estimate of drug-likeness (QED) is 0.0851. The van der Waals surface area contributed by atoms with E-state index in [1.807, 2.05) is 0 Å². The van der Waals surface area contributed by atoms with E-state index in [4.69, 9.17) is 23.1 Å². The van der Waals surface area contributed by atoms with Crippen LogP contribution in [0.4, 0.5) is 0 Å². The summed E-state index contributed by atoms with van der Waals surface area (Å²) in [5, 5.41) is 30.7. The van der Waals surface area contributed by atoms with Crippen LogP contribution in [0.5, 0.6) is 11.5 Å². The number of nitrogens with zero attached hydrogens (tertiary/aromatic N) is 2. The molecule has 0 aliphatic carbocycles. The van der Waals surface area contributed by atoms with Gasteiger partial charge in [-0.3, -0.25) is 28.8 Å². The molecule has 4 bridgehead atoms. The van der Waals surface area contributed by atoms with E-state index in [0.29, 0.717) is 36.3 Å². The Bertz CT molecular complexity index is 2630. The van der Waals surface area contributed by atoms with E-state index in [9.17, 15) is 47.4 Å². The van der Waals surface area contributed by atoms with Crippen molar-refractivity contribution in [3.05, 3.63) is 101 Å². The number of likely N-dealkylation sites (tertiary alicyclic amines) is 1. The van der Waals surface area contributed by atoms with Crippen LogP contribution in [0.15, 0.2) is 89.8 Å². The summed E-state index contributed by atoms with van der Waals surface area (Å²) in [5.41, 5.74) is 13.5. The van der Waals surface area contributed by atoms with Gasteiger partial charge >= 0.3 is 0 Å². The first-order valence-electron chi connectivity index (χ1n) is 21.8. The van der Waals surface area contributed by atoms with Crippen molar-refractivity contribution in [3.8, 4) is 33.8 Å². The smallest absolute Gasteiger partial charge is 0.248 e. The lowest BCUT2D eigenvalue weighted by atomic mass is 9.93. The van der Waals surface area contributed by atoms with Gasteiger partial charge in [0.05, 0.1) is 4.90 Å². The van der Waals surface area contributed by atoms with E-state index < -0.39 is 81.7 Å². The van der Waals surface area contributed by atoms with Gasteiger partial charge in [0.25, 0.3) is 0 Å². The normalized spacial score (nSPS) is 19.6. The number of benzene rings is 4. The third kappa shape index (κ3) is 11.7. The lowest BCUT2D eigenvalue weighted by Crippen LogP contribution is -2.58. The van der Waals surface area contributed by atoms with Gasteiger partial charge in [-0.15, -0.1) is 0 Å². The lowest BCUT2D eigenvalue weighted by molar-refractivity contribution is -0.141. The van der Waals surface area contributed by atoms with Crippen molar-refractivity contribution < 1.29 is 47.4 Å². The second-order valence-corrected chi connectivity index (χ2v) is 18.9. The minimum absolute atomic E-state index is 0.00543. The number of fused-ring (bicyclic) bond motifs is 5. The first-order chi connectivity index (χ1) is 31.8. The second-order valence-electron chi connectivity index (χ2n) is 16.8. The predicted octanol–water partition coefficient (Wildman–Crippen LogP) is 2.59. The standard InChI is InChI=1S/C47H55ClN8O10S/c1-26-43(60)53-37(44(61)52-27(2)46(63)56-22-6-8-38(56)42(50)59)24-28-9-19-39(57)34(23-28)35-25-31(14-20-40(35)58)41(45(62)51-26)55(3)47(64)36(7-4-5-21-49)54-67(65,66)33-17-12-30(13-18-33)29-10-15-32(48)16-11-29/h9-20,23,25-27,36-38,41,54,57-58H,4-8,21-22,24,49H2,1-3H3,(H2,50,59)(H,51,62)(H,52,61)(H,53,60). The molecular formula is C47H55ClN8O10S. The van der Waals surface area contributed by atoms with Crippen molar-refractivity contribution in [1.29, 1.82) is 0 Å². The fourth-order valence-corrected chi connectivity index (χ4v) is 9.64. The molecule has 0 aromatic heterocycles. The Morgan fingerprint density at radius 3 is 2.16 bits per heavy atom. The van der Waals surface area contributed by atoms with Crippen LogP contribution in [-0.4, -0.2) is 114 Å². The van der Waals surface area contributed by atoms with Gasteiger partial charge in [-0.2, -0.15) is 4.72 Å². The molecule has 0 spiro atoms. The minimum Gasteiger partial charge on any atom is -0.507 e. The number of nitrogens with two attached hydrogens (primary N) is 2. The number of amides is 6. The number of primary amides is 1. The van der Waals surface area contributed by atoms with E-state index in [2.05, 4.69) is 20.7 Å². The molecule has 2 aliphatic heterocycles. The summed E-state index contributed by atoms with van der Waals surface area (Å²) in [6.45, 7) is 3.33. The highest BCUT2D eigenvalue weighted by Gasteiger charge is 2.38. The van der Waals surface area contributed by atoms with Crippen molar-refractivity contribution in [2.45, 2.75) is 93.5 Å². The SMILES string of the molecule is CC1NC(=O)C(N(C)C(=O)C(CCCCN)NS(=O)(=O)c2ccc(-c3ccc(Cl)cc3)cc2)c2ccc(O)c(c2)-c2cc(ccc2O)CC(C(=O)NC(C)C(=O)N2CCCC2C(N)=O)NC1=O. The number of phenols is 2. The lowest BCUT2D eigenvalue weighted by Gasteiger charge is -2.32. The van der Waals surface area contributed by atoms with Crippen molar-refractivity contribution in [2.75, 3.05) is 20.1 Å². The van der Waals surface area contributed by atoms with Gasteiger partial charge < -0.3 is 47.4 Å². The van der Waals surface area contributed by atoms with Crippen molar-refractivity contribution in [1.82, 2.24) is 30.5 Å². The Labute approximate surface area is 393 Å². The third-order valence-corrected chi connectivity index (χ3v) is 13.7. The number of rotatable bonds is 14. The maximum Gasteiger partial charge on any atom is 0.248 e. The maximum absolute atomic E-state index is 14.6. The van der Waals surface area contributed by atoms with Gasteiger partial charge in [-0.25, -0.2) is 8.42 Å². The number of likely N-dealkylation sites (N-methyl/N-ethyl adjacent to an activating group) is 1. The molecule has 20 heteroatoms. The second kappa shape index (κ2) is 21.4. The van der Waals surface area contributed by atoms with Gasteiger partial charge in [-0.1, -0.05) is 54.4 Å². The molecule has 6 rings (SSSR count). The number of phenolic OH excluding ortho intramolecular Hbond substituents is 2. The topological polar surface area (TPSA) is 284 Å². The van der Waals surface area contributed by atoms with Crippen LogP contribution in [0.2, 0.25) is 5.02 Å². The maximum atomic E-state index is 14.6. The van der Waals surface area contributed by atoms with Gasteiger partial charge in [-0.05, 0) is 117 Å². The summed E-state index contributed by atoms with van der Waals surface area (Å²) >= 11 is 6.03. The number of unbranched alkanes of at least 4 members (excludes halogenated alkanes) is 1. The monoisotopic (exact) mass is 958 g/mol. The number of hydrogen-bond acceptors (Lipinski definition) is 11. The highest BCUT2D eigenvalue weighted by molar-refractivity contribution is 7.89. The summed E-state index contributed by atoms with van der Waals surface area (Å²) in [6, 6.07) is 13.8. The molecule has 6 atom stereocenters. The third-order valence-electron chi connectivity index (χ3n) is 12.0. The van der Waals surface area contributed by atoms with Crippen LogP contribution < -0.4 is 32.1 Å². The molecule has 67 heavy (non-hydrogen) atoms. The molecule has 0 saturated carbocycles. The van der Waals surface area contributed by atoms with Gasteiger partial charge in [0.2, 0.25) is 45.5 Å². The molecule has 2 aliphatic rings. The highest BCUT2D eigenvalue weighted by Crippen LogP contribution is 2.39. The Morgan fingerprint density at radius 1 is 0.896 bits per heavy atom. The average Bonchev–Trinajstić information content (AvgIpc) is 3.80. The van der Waals surface area contributed by atoms with Gasteiger partial charge in [0.1, 0.15) is 47.8 Å². The van der Waals surface area contributed by atoms with Crippen LogP contribution in [0, 0.1) is 0 Å². The van der Waals surface area contributed by atoms with Crippen LogP contribution in [-0.2, 0) is 45.2 Å². The van der Waals surface area contributed by atoms with E-state index in [0.717, 1.165) is 16.0 Å². The number of nitrogens with one attached hydrogen (secondary N) is 4. The summed E-state index contributed by atoms with van der Waals surface area (Å²) in [7, 11) is -3.05. The van der Waals surface area contributed by atoms with E-state index in [1.165, 1.54) is 74.3 Å². The van der Waals surface area contributed by atoms with Gasteiger partial charge in [0.15, 0.2) is 0 Å². The number of sulfonamides is 1. The Hall–Kier alpha value is -6.54. The number of hydrogen-bond donors (Lipinski definition) is 8. The van der Waals surface area contributed by atoms with Crippen molar-refractivity contribution in [3.63, 3.8) is 0 Å². The molecule has 18 nitrogen and oxygen atoms in total. The summed E-state index contributed by atoms with van der Waals surface area (Å²) in [5.74, 6) is -5.12. The van der Waals surface area contributed by atoms with Crippen LogP contribution in [0.25, 0.3) is 22.3 Å². The first-order valence-corrected chi connectivity index (χ1v) is 23.7. The van der Waals surface area contributed by atoms with Crippen LogP contribution >= 0.6 is 11.6 Å². The van der Waals surface area contributed by atoms with E-state index in [-0.39, 0.29) is 59.0 Å². The summed E-state index contributed by atoms with van der Waals surface area (Å²) < 4.78 is 30.4. The largest absolute Gasteiger partial charge is 0.507 e. The Kier molecular flexibility index (Phi) is 15.9. The number of carbonyl (C=O) groups is 6. The number of carbonyl (C=O) groups excluding carboxylic acids is 6. The van der Waals surface area contributed by atoms with Crippen LogP contribution in [0.1, 0.15) is 63.1 Å². The number of aromatic hydroxyl groups is 2. The molecule has 1 fully saturated rings. The molecule has 6 amide bonds. The molecule has 10 N–H and O–H groups in total. The van der Waals surface area contributed by atoms with Gasteiger partial charge in [0, 0.05) is 36.2 Å². The van der Waals surface area contributed by atoms with Crippen molar-refractivity contribution >= 4 is 57.1 Å². The Morgan fingerprint density at radius 2 is 1.52 bits per heavy atom. The van der Waals surface area contributed by atoms with E-state index in [1.54, 1.807) is 36.4 Å². The van der Waals surface area contributed by atoms with Crippen LogP contribution in [0.3, 0.4) is 0 Å². The predicted molar refractivity (Wildman–Crippen MR) is 249 cm³/mol. The minimum atomic E-state index is -4.35. The summed E-state index contributed by atoms with van der Waals surface area (Å²) in [4.78, 5) is 84.6.